The second kappa shape index (κ2) is 6.25. The molecule has 4 heteroatoms. The Bertz CT molecular complexity index is 391. The normalized spacial score (nSPS) is 10.3. The Labute approximate surface area is 102 Å². The molecule has 0 bridgehead atoms. The molecule has 1 amide bonds. The van der Waals surface area contributed by atoms with E-state index in [1.165, 1.54) is 0 Å². The number of nitrogens with zero attached hydrogens (tertiary/aromatic N) is 1. The number of hydrogen-bond donors (Lipinski definition) is 1. The molecule has 0 spiro atoms. The fraction of sp³-hybridized carbons (Fsp3) is 0.462. The molecule has 1 aromatic rings. The van der Waals surface area contributed by atoms with Crippen molar-refractivity contribution in [3.05, 3.63) is 29.3 Å². The van der Waals surface area contributed by atoms with Gasteiger partial charge in [0, 0.05) is 31.5 Å². The zero-order chi connectivity index (χ0) is 12.8. The van der Waals surface area contributed by atoms with Gasteiger partial charge >= 0.3 is 0 Å². The highest BCUT2D eigenvalue weighted by atomic mass is 16.5. The first-order valence-corrected chi connectivity index (χ1v) is 5.75. The number of aryl methyl sites for hydroxylation is 1. The van der Waals surface area contributed by atoms with Crippen molar-refractivity contribution in [1.82, 2.24) is 4.90 Å². The van der Waals surface area contributed by atoms with Crippen molar-refractivity contribution in [3.8, 4) is 0 Å². The smallest absolute Gasteiger partial charge is 0.253 e. The van der Waals surface area contributed by atoms with Gasteiger partial charge in [0.15, 0.2) is 0 Å². The van der Waals surface area contributed by atoms with Crippen LogP contribution in [0.5, 0.6) is 0 Å². The van der Waals surface area contributed by atoms with Gasteiger partial charge in [-0.2, -0.15) is 0 Å². The van der Waals surface area contributed by atoms with E-state index in [1.54, 1.807) is 24.1 Å². The van der Waals surface area contributed by atoms with Crippen molar-refractivity contribution in [3.63, 3.8) is 0 Å². The lowest BCUT2D eigenvalue weighted by atomic mass is 10.1. The Morgan fingerprint density at radius 1 is 1.47 bits per heavy atom. The Balaban J connectivity index is 2.65. The number of nitrogen functional groups attached to an aromatic ring is 1. The summed E-state index contributed by atoms with van der Waals surface area (Å²) >= 11 is 0. The predicted molar refractivity (Wildman–Crippen MR) is 69.0 cm³/mol. The van der Waals surface area contributed by atoms with Gasteiger partial charge in [-0.1, -0.05) is 6.07 Å². The highest BCUT2D eigenvalue weighted by Gasteiger charge is 2.11. The highest BCUT2D eigenvalue weighted by Crippen LogP contribution is 2.14. The lowest BCUT2D eigenvalue weighted by Crippen LogP contribution is -2.30. The summed E-state index contributed by atoms with van der Waals surface area (Å²) in [5.41, 5.74) is 8.03. The lowest BCUT2D eigenvalue weighted by Gasteiger charge is -2.17. The number of amides is 1. The van der Waals surface area contributed by atoms with Crippen LogP contribution in [0.1, 0.15) is 22.8 Å². The zero-order valence-electron chi connectivity index (χ0n) is 10.7. The molecular formula is C13H20N2O2. The quantitative estimate of drug-likeness (QED) is 0.625. The Hall–Kier alpha value is -1.55. The summed E-state index contributed by atoms with van der Waals surface area (Å²) < 4.78 is 5.21. The van der Waals surface area contributed by atoms with Gasteiger partial charge in [0.1, 0.15) is 0 Å². The van der Waals surface area contributed by atoms with Crippen LogP contribution in [-0.4, -0.2) is 37.6 Å². The van der Waals surface area contributed by atoms with Gasteiger partial charge < -0.3 is 15.4 Å². The van der Waals surface area contributed by atoms with Gasteiger partial charge in [0.2, 0.25) is 0 Å². The molecule has 0 aromatic heterocycles. The number of carbonyl (C=O) groups is 1. The number of likely N-dealkylation sites (N-methyl/N-ethyl adjacent to an activating group) is 1. The van der Waals surface area contributed by atoms with Gasteiger partial charge in [0.25, 0.3) is 5.91 Å². The summed E-state index contributed by atoms with van der Waals surface area (Å²) in [6, 6.07) is 5.37. The second-order valence-corrected chi connectivity index (χ2v) is 3.99. The number of nitrogens with two attached hydrogens (primary N) is 1. The largest absolute Gasteiger partial charge is 0.398 e. The monoisotopic (exact) mass is 236 g/mol. The molecule has 0 heterocycles. The summed E-state index contributed by atoms with van der Waals surface area (Å²) in [4.78, 5) is 13.7. The van der Waals surface area contributed by atoms with Crippen molar-refractivity contribution in [2.75, 3.05) is 32.5 Å². The van der Waals surface area contributed by atoms with Crippen molar-refractivity contribution in [2.45, 2.75) is 13.8 Å². The molecule has 94 valence electrons. The summed E-state index contributed by atoms with van der Waals surface area (Å²) in [7, 11) is 1.76. The number of ether oxygens (including phenoxy) is 1. The number of anilines is 1. The van der Waals surface area contributed by atoms with Gasteiger partial charge in [-0.15, -0.1) is 0 Å². The van der Waals surface area contributed by atoms with Crippen molar-refractivity contribution in [1.29, 1.82) is 0 Å². The zero-order valence-corrected chi connectivity index (χ0v) is 10.7. The first kappa shape index (κ1) is 13.5. The van der Waals surface area contributed by atoms with Crippen LogP contribution in [0.15, 0.2) is 18.2 Å². The third kappa shape index (κ3) is 3.75. The fourth-order valence-corrected chi connectivity index (χ4v) is 1.44. The van der Waals surface area contributed by atoms with Gasteiger partial charge in [-0.25, -0.2) is 0 Å². The highest BCUT2D eigenvalue weighted by molar-refractivity contribution is 5.95. The van der Waals surface area contributed by atoms with Crippen LogP contribution in [0.2, 0.25) is 0 Å². The molecule has 0 aliphatic rings. The first-order valence-electron chi connectivity index (χ1n) is 5.75. The average molecular weight is 236 g/mol. The molecule has 4 nitrogen and oxygen atoms in total. The molecule has 1 rings (SSSR count). The van der Waals surface area contributed by atoms with Crippen molar-refractivity contribution >= 4 is 11.6 Å². The summed E-state index contributed by atoms with van der Waals surface area (Å²) in [5.74, 6) is -0.0311. The maximum Gasteiger partial charge on any atom is 0.253 e. The van der Waals surface area contributed by atoms with E-state index in [0.29, 0.717) is 31.0 Å². The predicted octanol–water partition coefficient (Wildman–Crippen LogP) is 1.69. The van der Waals surface area contributed by atoms with E-state index < -0.39 is 0 Å². The third-order valence-electron chi connectivity index (χ3n) is 2.65. The molecule has 0 atom stereocenters. The molecule has 17 heavy (non-hydrogen) atoms. The van der Waals surface area contributed by atoms with Crippen LogP contribution in [0.25, 0.3) is 0 Å². The minimum atomic E-state index is -0.0311. The molecule has 0 aliphatic heterocycles. The van der Waals surface area contributed by atoms with Crippen LogP contribution in [0.4, 0.5) is 5.69 Å². The number of carbonyl (C=O) groups excluding carboxylic acids is 1. The molecule has 0 unspecified atom stereocenters. The Kier molecular flexibility index (Phi) is 4.97. The van der Waals surface area contributed by atoms with Crippen LogP contribution < -0.4 is 5.73 Å². The minimum absolute atomic E-state index is 0.0311. The van der Waals surface area contributed by atoms with E-state index >= 15 is 0 Å². The maximum absolute atomic E-state index is 12.0. The standard InChI is InChI=1S/C13H20N2O2/c1-4-17-8-7-15(3)13(16)11-6-5-10(2)12(14)9-11/h5-6,9H,4,7-8,14H2,1-3H3. The van der Waals surface area contributed by atoms with Crippen molar-refractivity contribution < 1.29 is 9.53 Å². The molecule has 0 aliphatic carbocycles. The third-order valence-corrected chi connectivity index (χ3v) is 2.65. The second-order valence-electron chi connectivity index (χ2n) is 3.99. The SMILES string of the molecule is CCOCCN(C)C(=O)c1ccc(C)c(N)c1. The molecule has 1 aromatic carbocycles. The van der Waals surface area contributed by atoms with E-state index in [0.717, 1.165) is 5.56 Å². The van der Waals surface area contributed by atoms with E-state index in [1.807, 2.05) is 19.9 Å². The maximum atomic E-state index is 12.0. The van der Waals surface area contributed by atoms with E-state index in [9.17, 15) is 4.79 Å². The van der Waals surface area contributed by atoms with Crippen LogP contribution in [-0.2, 0) is 4.74 Å². The number of rotatable bonds is 5. The van der Waals surface area contributed by atoms with Crippen LogP contribution >= 0.6 is 0 Å². The molecule has 2 N–H and O–H groups in total. The summed E-state index contributed by atoms with van der Waals surface area (Å²) in [6.45, 7) is 5.66. The summed E-state index contributed by atoms with van der Waals surface area (Å²) in [5, 5.41) is 0. The molecule has 0 radical (unpaired) electrons. The molecule has 0 fully saturated rings. The van der Waals surface area contributed by atoms with E-state index in [2.05, 4.69) is 0 Å². The topological polar surface area (TPSA) is 55.6 Å². The van der Waals surface area contributed by atoms with Crippen molar-refractivity contribution in [2.24, 2.45) is 0 Å². The lowest BCUT2D eigenvalue weighted by molar-refractivity contribution is 0.0710. The van der Waals surface area contributed by atoms with Crippen LogP contribution in [0, 0.1) is 6.92 Å². The van der Waals surface area contributed by atoms with E-state index in [-0.39, 0.29) is 5.91 Å². The van der Waals surface area contributed by atoms with Crippen LogP contribution in [0.3, 0.4) is 0 Å². The van der Waals surface area contributed by atoms with Gasteiger partial charge in [-0.05, 0) is 31.5 Å². The summed E-state index contributed by atoms with van der Waals surface area (Å²) in [6.07, 6.45) is 0. The number of benzene rings is 1. The number of hydrogen-bond acceptors (Lipinski definition) is 3. The minimum Gasteiger partial charge on any atom is -0.398 e. The Morgan fingerprint density at radius 2 is 2.18 bits per heavy atom. The Morgan fingerprint density at radius 3 is 2.76 bits per heavy atom. The molecular weight excluding hydrogens is 216 g/mol. The molecule has 0 saturated heterocycles. The van der Waals surface area contributed by atoms with Gasteiger partial charge in [0.05, 0.1) is 6.61 Å². The first-order chi connectivity index (χ1) is 8.06. The fourth-order valence-electron chi connectivity index (χ4n) is 1.44. The average Bonchev–Trinajstić information content (AvgIpc) is 2.32. The van der Waals surface area contributed by atoms with E-state index in [4.69, 9.17) is 10.5 Å². The molecule has 0 saturated carbocycles. The van der Waals surface area contributed by atoms with Gasteiger partial charge in [-0.3, -0.25) is 4.79 Å².